The molecule has 1 unspecified atom stereocenters. The third-order valence-corrected chi connectivity index (χ3v) is 3.78. The van der Waals surface area contributed by atoms with Crippen LogP contribution in [0.4, 0.5) is 0 Å². The molecule has 1 aromatic carbocycles. The van der Waals surface area contributed by atoms with Gasteiger partial charge in [-0.15, -0.1) is 0 Å². The first-order valence-electron chi connectivity index (χ1n) is 6.84. The van der Waals surface area contributed by atoms with E-state index in [1.54, 1.807) is 7.11 Å². The highest BCUT2D eigenvalue weighted by atomic mass is 32.2. The molecule has 0 aromatic heterocycles. The van der Waals surface area contributed by atoms with Crippen LogP contribution < -0.4 is 10.1 Å². The molecule has 108 valence electrons. The topological polar surface area (TPSA) is 30.5 Å². The molecule has 0 amide bonds. The van der Waals surface area contributed by atoms with Crippen molar-refractivity contribution < 1.29 is 9.47 Å². The molecule has 3 nitrogen and oxygen atoms in total. The zero-order valence-electron chi connectivity index (χ0n) is 12.1. The number of ether oxygens (including phenoxy) is 2. The quantitative estimate of drug-likeness (QED) is 0.668. The molecule has 0 aliphatic heterocycles. The van der Waals surface area contributed by atoms with Gasteiger partial charge in [0.15, 0.2) is 0 Å². The lowest BCUT2D eigenvalue weighted by atomic mass is 10.1. The molecule has 0 saturated carbocycles. The second-order valence-electron chi connectivity index (χ2n) is 4.18. The molecule has 0 radical (unpaired) electrons. The fourth-order valence-corrected chi connectivity index (χ4v) is 2.82. The summed E-state index contributed by atoms with van der Waals surface area (Å²) in [6.45, 7) is 6.64. The van der Waals surface area contributed by atoms with Gasteiger partial charge in [-0.3, -0.25) is 0 Å². The monoisotopic (exact) mass is 283 g/mol. The van der Waals surface area contributed by atoms with Crippen LogP contribution in [0.5, 0.6) is 5.75 Å². The van der Waals surface area contributed by atoms with Crippen LogP contribution >= 0.6 is 11.8 Å². The van der Waals surface area contributed by atoms with Crippen LogP contribution in [0.15, 0.2) is 24.3 Å². The van der Waals surface area contributed by atoms with Crippen molar-refractivity contribution in [1.82, 2.24) is 5.32 Å². The first kappa shape index (κ1) is 16.3. The van der Waals surface area contributed by atoms with Crippen LogP contribution in [0.25, 0.3) is 0 Å². The largest absolute Gasteiger partial charge is 0.494 e. The summed E-state index contributed by atoms with van der Waals surface area (Å²) >= 11 is 1.92. The second kappa shape index (κ2) is 10.1. The second-order valence-corrected chi connectivity index (χ2v) is 5.33. The molecule has 0 bridgehead atoms. The Bertz CT molecular complexity index is 329. The first-order chi connectivity index (χ1) is 9.31. The van der Waals surface area contributed by atoms with E-state index in [0.29, 0.717) is 12.6 Å². The number of methoxy groups -OCH3 is 1. The maximum atomic E-state index is 5.47. The van der Waals surface area contributed by atoms with Crippen LogP contribution in [0, 0.1) is 0 Å². The number of rotatable bonds is 10. The van der Waals surface area contributed by atoms with E-state index in [9.17, 15) is 0 Å². The molecule has 19 heavy (non-hydrogen) atoms. The summed E-state index contributed by atoms with van der Waals surface area (Å²) in [7, 11) is 1.74. The Kier molecular flexibility index (Phi) is 8.71. The van der Waals surface area contributed by atoms with Crippen molar-refractivity contribution >= 4 is 11.8 Å². The fourth-order valence-electron chi connectivity index (χ4n) is 1.83. The molecule has 0 fully saturated rings. The van der Waals surface area contributed by atoms with E-state index >= 15 is 0 Å². The van der Waals surface area contributed by atoms with Crippen LogP contribution in [0.2, 0.25) is 0 Å². The van der Waals surface area contributed by atoms with E-state index in [0.717, 1.165) is 30.4 Å². The highest BCUT2D eigenvalue weighted by Gasteiger charge is 2.10. The number of thioether (sulfide) groups is 1. The molecule has 0 spiro atoms. The van der Waals surface area contributed by atoms with Crippen molar-refractivity contribution in [2.75, 3.05) is 38.4 Å². The third-order valence-electron chi connectivity index (χ3n) is 2.76. The van der Waals surface area contributed by atoms with Crippen molar-refractivity contribution in [2.45, 2.75) is 19.9 Å². The number of nitrogens with one attached hydrogen (secondary N) is 1. The molecule has 0 saturated heterocycles. The van der Waals surface area contributed by atoms with Gasteiger partial charge in [0.2, 0.25) is 0 Å². The van der Waals surface area contributed by atoms with E-state index in [1.165, 1.54) is 5.56 Å². The van der Waals surface area contributed by atoms with Crippen LogP contribution in [0.3, 0.4) is 0 Å². The van der Waals surface area contributed by atoms with Crippen LogP contribution in [-0.2, 0) is 4.74 Å². The summed E-state index contributed by atoms with van der Waals surface area (Å²) in [5.41, 5.74) is 1.32. The Labute approximate surface area is 121 Å². The average Bonchev–Trinajstić information content (AvgIpc) is 2.44. The van der Waals surface area contributed by atoms with Crippen LogP contribution in [0.1, 0.15) is 25.5 Å². The molecular weight excluding hydrogens is 258 g/mol. The fraction of sp³-hybridized carbons (Fsp3) is 0.600. The highest BCUT2D eigenvalue weighted by Crippen LogP contribution is 2.21. The van der Waals surface area contributed by atoms with Gasteiger partial charge in [0, 0.05) is 24.7 Å². The van der Waals surface area contributed by atoms with Crippen molar-refractivity contribution in [1.29, 1.82) is 0 Å². The first-order valence-corrected chi connectivity index (χ1v) is 8.00. The molecule has 1 aromatic rings. The summed E-state index contributed by atoms with van der Waals surface area (Å²) in [5.74, 6) is 3.04. The van der Waals surface area contributed by atoms with Crippen molar-refractivity contribution in [2.24, 2.45) is 0 Å². The van der Waals surface area contributed by atoms with Gasteiger partial charge >= 0.3 is 0 Å². The standard InChI is InChI=1S/C15H25NO2S/c1-4-16-15(12-19-11-10-17-3)13-6-8-14(9-7-13)18-5-2/h6-9,15-16H,4-5,10-12H2,1-3H3. The molecule has 1 atom stereocenters. The summed E-state index contributed by atoms with van der Waals surface area (Å²) in [6, 6.07) is 8.78. The predicted molar refractivity (Wildman–Crippen MR) is 83.2 cm³/mol. The molecular formula is C15H25NO2S. The van der Waals surface area contributed by atoms with Crippen molar-refractivity contribution in [3.63, 3.8) is 0 Å². The Morgan fingerprint density at radius 3 is 2.53 bits per heavy atom. The normalized spacial score (nSPS) is 12.4. The SMILES string of the molecule is CCNC(CSCCOC)c1ccc(OCC)cc1. The minimum atomic E-state index is 0.391. The minimum Gasteiger partial charge on any atom is -0.494 e. The van der Waals surface area contributed by atoms with Crippen LogP contribution in [-0.4, -0.2) is 38.4 Å². The molecule has 1 N–H and O–H groups in total. The van der Waals surface area contributed by atoms with Gasteiger partial charge in [-0.1, -0.05) is 19.1 Å². The van der Waals surface area contributed by atoms with Gasteiger partial charge in [-0.2, -0.15) is 11.8 Å². The summed E-state index contributed by atoms with van der Waals surface area (Å²) in [5, 5.41) is 3.52. The Morgan fingerprint density at radius 1 is 1.21 bits per heavy atom. The maximum Gasteiger partial charge on any atom is 0.119 e. The number of hydrogen-bond donors (Lipinski definition) is 1. The van der Waals surface area contributed by atoms with Gasteiger partial charge in [-0.05, 0) is 31.2 Å². The number of hydrogen-bond acceptors (Lipinski definition) is 4. The van der Waals surface area contributed by atoms with E-state index in [1.807, 2.05) is 30.8 Å². The number of benzene rings is 1. The third kappa shape index (κ3) is 6.32. The molecule has 1 rings (SSSR count). The summed E-state index contributed by atoms with van der Waals surface area (Å²) in [4.78, 5) is 0. The lowest BCUT2D eigenvalue weighted by Gasteiger charge is -2.18. The summed E-state index contributed by atoms with van der Waals surface area (Å²) < 4.78 is 10.5. The van der Waals surface area contributed by atoms with Gasteiger partial charge in [0.1, 0.15) is 5.75 Å². The zero-order valence-corrected chi connectivity index (χ0v) is 13.0. The smallest absolute Gasteiger partial charge is 0.119 e. The molecule has 0 aliphatic rings. The van der Waals surface area contributed by atoms with E-state index in [-0.39, 0.29) is 0 Å². The Balaban J connectivity index is 2.53. The lowest BCUT2D eigenvalue weighted by molar-refractivity contribution is 0.218. The average molecular weight is 283 g/mol. The molecule has 0 heterocycles. The zero-order chi connectivity index (χ0) is 13.9. The van der Waals surface area contributed by atoms with E-state index in [2.05, 4.69) is 24.4 Å². The molecule has 4 heteroatoms. The Hall–Kier alpha value is -0.710. The summed E-state index contributed by atoms with van der Waals surface area (Å²) in [6.07, 6.45) is 0. The van der Waals surface area contributed by atoms with Crippen molar-refractivity contribution in [3.05, 3.63) is 29.8 Å². The lowest BCUT2D eigenvalue weighted by Crippen LogP contribution is -2.23. The van der Waals surface area contributed by atoms with E-state index in [4.69, 9.17) is 9.47 Å². The van der Waals surface area contributed by atoms with Crippen molar-refractivity contribution in [3.8, 4) is 5.75 Å². The maximum absolute atomic E-state index is 5.47. The van der Waals surface area contributed by atoms with E-state index < -0.39 is 0 Å². The van der Waals surface area contributed by atoms with Gasteiger partial charge in [-0.25, -0.2) is 0 Å². The Morgan fingerprint density at radius 2 is 1.95 bits per heavy atom. The predicted octanol–water partition coefficient (Wildman–Crippen LogP) is 3.12. The minimum absolute atomic E-state index is 0.391. The van der Waals surface area contributed by atoms with Gasteiger partial charge in [0.25, 0.3) is 0 Å². The van der Waals surface area contributed by atoms with Gasteiger partial charge in [0.05, 0.1) is 13.2 Å². The van der Waals surface area contributed by atoms with Gasteiger partial charge < -0.3 is 14.8 Å². The molecule has 0 aliphatic carbocycles. The highest BCUT2D eigenvalue weighted by molar-refractivity contribution is 7.99.